The number of β-amino-alcohol motifs (C(OH)–C–C–N with tert-alkyl or cyclic N) is 1. The Bertz CT molecular complexity index is 452. The number of para-hydroxylation sites is 1. The summed E-state index contributed by atoms with van der Waals surface area (Å²) in [5.74, 6) is -0.435. The standard InChI is InChI=1S/C14H18FNO3/c1-10-6-7-16(8-12(10)17)14(18)9-19-13-5-3-2-4-11(13)15/h2-5,10,12,17H,6-9H2,1H3. The third-order valence-electron chi connectivity index (χ3n) is 3.46. The van der Waals surface area contributed by atoms with Crippen molar-refractivity contribution < 1.29 is 19.0 Å². The van der Waals surface area contributed by atoms with E-state index >= 15 is 0 Å². The van der Waals surface area contributed by atoms with Gasteiger partial charge in [0.15, 0.2) is 18.2 Å². The summed E-state index contributed by atoms with van der Waals surface area (Å²) in [5.41, 5.74) is 0. The fraction of sp³-hybridized carbons (Fsp3) is 0.500. The predicted octanol–water partition coefficient (Wildman–Crippen LogP) is 1.43. The first-order chi connectivity index (χ1) is 9.08. The first kappa shape index (κ1) is 13.8. The second-order valence-corrected chi connectivity index (χ2v) is 4.89. The minimum Gasteiger partial charge on any atom is -0.481 e. The zero-order chi connectivity index (χ0) is 13.8. The van der Waals surface area contributed by atoms with Crippen molar-refractivity contribution in [3.63, 3.8) is 0 Å². The number of halogens is 1. The smallest absolute Gasteiger partial charge is 0.260 e. The summed E-state index contributed by atoms with van der Waals surface area (Å²) in [6.07, 6.45) is 0.276. The first-order valence-corrected chi connectivity index (χ1v) is 6.41. The summed E-state index contributed by atoms with van der Waals surface area (Å²) >= 11 is 0. The van der Waals surface area contributed by atoms with E-state index in [9.17, 15) is 14.3 Å². The molecule has 1 aromatic carbocycles. The van der Waals surface area contributed by atoms with Gasteiger partial charge in [-0.2, -0.15) is 0 Å². The van der Waals surface area contributed by atoms with Gasteiger partial charge >= 0.3 is 0 Å². The number of benzene rings is 1. The van der Waals surface area contributed by atoms with Gasteiger partial charge in [-0.3, -0.25) is 4.79 Å². The minimum atomic E-state index is -0.494. The van der Waals surface area contributed by atoms with Crippen molar-refractivity contribution in [2.75, 3.05) is 19.7 Å². The molecule has 5 heteroatoms. The summed E-state index contributed by atoms with van der Waals surface area (Å²) in [7, 11) is 0. The van der Waals surface area contributed by atoms with Gasteiger partial charge in [0.05, 0.1) is 6.10 Å². The largest absolute Gasteiger partial charge is 0.481 e. The van der Waals surface area contributed by atoms with Gasteiger partial charge in [-0.05, 0) is 24.5 Å². The van der Waals surface area contributed by atoms with Crippen LogP contribution in [0.3, 0.4) is 0 Å². The molecule has 2 unspecified atom stereocenters. The van der Waals surface area contributed by atoms with Crippen LogP contribution in [0.25, 0.3) is 0 Å². The summed E-state index contributed by atoms with van der Waals surface area (Å²) in [6.45, 7) is 2.68. The number of nitrogens with zero attached hydrogens (tertiary/aromatic N) is 1. The summed E-state index contributed by atoms with van der Waals surface area (Å²) in [6, 6.07) is 5.98. The molecular formula is C14H18FNO3. The molecule has 19 heavy (non-hydrogen) atoms. The Morgan fingerprint density at radius 1 is 1.53 bits per heavy atom. The van der Waals surface area contributed by atoms with Crippen LogP contribution in [0.1, 0.15) is 13.3 Å². The van der Waals surface area contributed by atoms with Crippen molar-refractivity contribution in [3.05, 3.63) is 30.1 Å². The number of hydrogen-bond donors (Lipinski definition) is 1. The van der Waals surface area contributed by atoms with Crippen LogP contribution in [0.4, 0.5) is 4.39 Å². The van der Waals surface area contributed by atoms with E-state index in [4.69, 9.17) is 4.74 Å². The maximum Gasteiger partial charge on any atom is 0.260 e. The normalized spacial score (nSPS) is 23.2. The monoisotopic (exact) mass is 267 g/mol. The van der Waals surface area contributed by atoms with Crippen molar-refractivity contribution in [1.82, 2.24) is 4.90 Å². The van der Waals surface area contributed by atoms with Crippen LogP contribution >= 0.6 is 0 Å². The van der Waals surface area contributed by atoms with Crippen molar-refractivity contribution in [2.45, 2.75) is 19.4 Å². The van der Waals surface area contributed by atoms with E-state index in [1.807, 2.05) is 6.92 Å². The molecule has 1 saturated heterocycles. The second kappa shape index (κ2) is 6.02. The lowest BCUT2D eigenvalue weighted by molar-refractivity contribution is -0.137. The maximum atomic E-state index is 13.3. The number of carbonyl (C=O) groups is 1. The van der Waals surface area contributed by atoms with Crippen LogP contribution in [0, 0.1) is 11.7 Å². The van der Waals surface area contributed by atoms with E-state index in [1.54, 1.807) is 17.0 Å². The maximum absolute atomic E-state index is 13.3. The topological polar surface area (TPSA) is 49.8 Å². The molecule has 1 fully saturated rings. The molecule has 0 spiro atoms. The molecule has 0 radical (unpaired) electrons. The van der Waals surface area contributed by atoms with E-state index in [1.165, 1.54) is 12.1 Å². The highest BCUT2D eigenvalue weighted by Crippen LogP contribution is 2.18. The first-order valence-electron chi connectivity index (χ1n) is 6.41. The SMILES string of the molecule is CC1CCN(C(=O)COc2ccccc2F)CC1O. The Labute approximate surface area is 111 Å². The molecule has 104 valence electrons. The molecule has 1 heterocycles. The lowest BCUT2D eigenvalue weighted by atomic mass is 9.96. The van der Waals surface area contributed by atoms with Gasteiger partial charge in [0.1, 0.15) is 0 Å². The Hall–Kier alpha value is -1.62. The van der Waals surface area contributed by atoms with E-state index < -0.39 is 11.9 Å². The number of carbonyl (C=O) groups excluding carboxylic acids is 1. The lowest BCUT2D eigenvalue weighted by Gasteiger charge is -2.34. The molecule has 0 bridgehead atoms. The molecule has 0 aromatic heterocycles. The number of rotatable bonds is 3. The molecule has 2 atom stereocenters. The van der Waals surface area contributed by atoms with Gasteiger partial charge in [0.25, 0.3) is 5.91 Å². The summed E-state index contributed by atoms with van der Waals surface area (Å²) < 4.78 is 18.5. The molecule has 1 aromatic rings. The number of ether oxygens (including phenoxy) is 1. The number of likely N-dealkylation sites (tertiary alicyclic amines) is 1. The Morgan fingerprint density at radius 3 is 2.95 bits per heavy atom. The lowest BCUT2D eigenvalue weighted by Crippen LogP contribution is -2.47. The Morgan fingerprint density at radius 2 is 2.26 bits per heavy atom. The average Bonchev–Trinajstić information content (AvgIpc) is 2.40. The minimum absolute atomic E-state index is 0.0711. The third-order valence-corrected chi connectivity index (χ3v) is 3.46. The van der Waals surface area contributed by atoms with Crippen LogP contribution in [0.15, 0.2) is 24.3 Å². The van der Waals surface area contributed by atoms with E-state index in [0.717, 1.165) is 6.42 Å². The Kier molecular flexibility index (Phi) is 4.37. The fourth-order valence-corrected chi connectivity index (χ4v) is 2.07. The second-order valence-electron chi connectivity index (χ2n) is 4.89. The molecule has 1 amide bonds. The molecular weight excluding hydrogens is 249 g/mol. The van der Waals surface area contributed by atoms with E-state index in [2.05, 4.69) is 0 Å². The zero-order valence-corrected chi connectivity index (χ0v) is 10.9. The number of aliphatic hydroxyl groups excluding tert-OH is 1. The third kappa shape index (κ3) is 3.44. The predicted molar refractivity (Wildman–Crippen MR) is 68.3 cm³/mol. The van der Waals surface area contributed by atoms with Gasteiger partial charge in [-0.15, -0.1) is 0 Å². The van der Waals surface area contributed by atoms with Crippen molar-refractivity contribution >= 4 is 5.91 Å². The summed E-state index contributed by atoms with van der Waals surface area (Å²) in [5, 5.41) is 9.73. The van der Waals surface area contributed by atoms with Gasteiger partial charge in [0.2, 0.25) is 0 Å². The molecule has 0 saturated carbocycles. The van der Waals surface area contributed by atoms with Gasteiger partial charge < -0.3 is 14.7 Å². The highest BCUT2D eigenvalue weighted by Gasteiger charge is 2.27. The molecule has 0 aliphatic carbocycles. The van der Waals surface area contributed by atoms with Crippen LogP contribution in [-0.2, 0) is 4.79 Å². The van der Waals surface area contributed by atoms with Crippen molar-refractivity contribution in [1.29, 1.82) is 0 Å². The highest BCUT2D eigenvalue weighted by atomic mass is 19.1. The molecule has 2 rings (SSSR count). The number of hydrogen-bond acceptors (Lipinski definition) is 3. The molecule has 4 nitrogen and oxygen atoms in total. The molecule has 1 aliphatic rings. The van der Waals surface area contributed by atoms with E-state index in [-0.39, 0.29) is 24.2 Å². The van der Waals surface area contributed by atoms with Gasteiger partial charge in [-0.25, -0.2) is 4.39 Å². The van der Waals surface area contributed by atoms with Crippen LogP contribution in [0.2, 0.25) is 0 Å². The summed E-state index contributed by atoms with van der Waals surface area (Å²) in [4.78, 5) is 13.5. The number of aliphatic hydroxyl groups is 1. The highest BCUT2D eigenvalue weighted by molar-refractivity contribution is 5.77. The Balaban J connectivity index is 1.87. The van der Waals surface area contributed by atoms with Gasteiger partial charge in [0, 0.05) is 13.1 Å². The zero-order valence-electron chi connectivity index (χ0n) is 10.9. The van der Waals surface area contributed by atoms with Crippen LogP contribution < -0.4 is 4.74 Å². The number of piperidine rings is 1. The van der Waals surface area contributed by atoms with E-state index in [0.29, 0.717) is 13.1 Å². The quantitative estimate of drug-likeness (QED) is 0.901. The van der Waals surface area contributed by atoms with Crippen LogP contribution in [-0.4, -0.2) is 41.7 Å². The average molecular weight is 267 g/mol. The van der Waals surface area contributed by atoms with Crippen molar-refractivity contribution in [2.24, 2.45) is 5.92 Å². The molecule has 1 N–H and O–H groups in total. The molecule has 1 aliphatic heterocycles. The fourth-order valence-electron chi connectivity index (χ4n) is 2.07. The van der Waals surface area contributed by atoms with Gasteiger partial charge in [-0.1, -0.05) is 19.1 Å². The van der Waals surface area contributed by atoms with Crippen molar-refractivity contribution in [3.8, 4) is 5.75 Å². The number of amides is 1. The van der Waals surface area contributed by atoms with Crippen LogP contribution in [0.5, 0.6) is 5.75 Å².